The maximum absolute atomic E-state index is 13.3. The molecule has 1 aliphatic carbocycles. The Kier molecular flexibility index (Phi) is 4.38. The van der Waals surface area contributed by atoms with Crippen LogP contribution in [-0.2, 0) is 0 Å². The maximum Gasteiger partial charge on any atom is 0.259 e. The van der Waals surface area contributed by atoms with Gasteiger partial charge in [-0.05, 0) is 37.1 Å². The third-order valence-corrected chi connectivity index (χ3v) is 8.08. The van der Waals surface area contributed by atoms with E-state index in [1.165, 1.54) is 0 Å². The van der Waals surface area contributed by atoms with Crippen LogP contribution in [0.2, 0.25) is 0 Å². The van der Waals surface area contributed by atoms with Crippen molar-refractivity contribution in [2.75, 3.05) is 5.32 Å². The van der Waals surface area contributed by atoms with Crippen LogP contribution in [0.3, 0.4) is 0 Å². The number of aromatic amines is 1. The number of benzene rings is 4. The number of imide groups is 1. The minimum Gasteiger partial charge on any atom is -0.379 e. The Morgan fingerprint density at radius 2 is 1.45 bits per heavy atom. The number of nitrogens with one attached hydrogen (secondary N) is 3. The van der Waals surface area contributed by atoms with Crippen molar-refractivity contribution in [1.82, 2.24) is 14.9 Å². The molecule has 38 heavy (non-hydrogen) atoms. The van der Waals surface area contributed by atoms with E-state index in [0.717, 1.165) is 62.1 Å². The molecule has 8 rings (SSSR count). The highest BCUT2D eigenvalue weighted by Crippen LogP contribution is 2.45. The fourth-order valence-electron chi connectivity index (χ4n) is 6.51. The Morgan fingerprint density at radius 1 is 0.737 bits per heavy atom. The van der Waals surface area contributed by atoms with Gasteiger partial charge >= 0.3 is 0 Å². The molecule has 0 saturated heterocycles. The van der Waals surface area contributed by atoms with E-state index < -0.39 is 0 Å². The highest BCUT2D eigenvalue weighted by molar-refractivity contribution is 6.39. The zero-order valence-electron chi connectivity index (χ0n) is 20.5. The van der Waals surface area contributed by atoms with Gasteiger partial charge in [0.2, 0.25) is 0 Å². The number of rotatable bonds is 3. The molecular weight excluding hydrogens is 472 g/mol. The summed E-state index contributed by atoms with van der Waals surface area (Å²) in [5.74, 6) is -0.651. The maximum atomic E-state index is 13.3. The van der Waals surface area contributed by atoms with Gasteiger partial charge in [-0.2, -0.15) is 0 Å². The number of carbonyl (C=O) groups excluding carboxylic acids is 2. The third-order valence-electron chi connectivity index (χ3n) is 8.08. The van der Waals surface area contributed by atoms with Crippen LogP contribution in [0, 0.1) is 0 Å². The number of allylic oxidation sites excluding steroid dienone is 1. The van der Waals surface area contributed by atoms with Crippen molar-refractivity contribution in [2.24, 2.45) is 0 Å². The summed E-state index contributed by atoms with van der Waals surface area (Å²) in [6, 6.07) is 26.9. The van der Waals surface area contributed by atoms with Crippen molar-refractivity contribution in [3.63, 3.8) is 0 Å². The van der Waals surface area contributed by atoms with Crippen LogP contribution >= 0.6 is 0 Å². The highest BCUT2D eigenvalue weighted by atomic mass is 16.2. The van der Waals surface area contributed by atoms with Crippen molar-refractivity contribution < 1.29 is 9.59 Å². The van der Waals surface area contributed by atoms with Crippen molar-refractivity contribution in [1.29, 1.82) is 0 Å². The molecule has 1 aliphatic heterocycles. The third kappa shape index (κ3) is 2.88. The fraction of sp³-hybridized carbons (Fsp3) is 0.125. The standard InChI is InChI=1S/C32H24N4O2/c37-31-27-25-21-10-4-6-12-23(21)34-29(25)30-26(28(27)32(38)35-31)22-11-5-7-13-24(22)36(30)20-16-14-19(15-17-20)33-18-8-2-1-3-9-18/h1-14,16,19-20,33-34H,15,17H2,(H,35,37,38)/t19-,20?/m0/s1. The number of hydrogen-bond donors (Lipinski definition) is 3. The van der Waals surface area contributed by atoms with Crippen LogP contribution in [0.4, 0.5) is 5.69 Å². The molecule has 4 aromatic carbocycles. The SMILES string of the molecule is O=C1NC(=O)c2c1c1c3ccccc3[nH]c1c1c2c2ccccc2n1C1C=C[C@H](Nc2ccccc2)CC1. The van der Waals surface area contributed by atoms with Gasteiger partial charge in [0, 0.05) is 44.3 Å². The van der Waals surface area contributed by atoms with Gasteiger partial charge in [0.05, 0.1) is 28.2 Å². The molecule has 2 aromatic heterocycles. The Bertz CT molecular complexity index is 1980. The second kappa shape index (κ2) is 7.83. The quantitative estimate of drug-likeness (QED) is 0.189. The fourth-order valence-corrected chi connectivity index (χ4v) is 6.51. The molecule has 3 N–H and O–H groups in total. The number of carbonyl (C=O) groups is 2. The lowest BCUT2D eigenvalue weighted by molar-refractivity contribution is 0.0880. The monoisotopic (exact) mass is 496 g/mol. The lowest BCUT2D eigenvalue weighted by atomic mass is 9.96. The number of para-hydroxylation sites is 3. The molecule has 6 nitrogen and oxygen atoms in total. The molecule has 2 aliphatic rings. The Balaban J connectivity index is 1.41. The molecule has 3 heterocycles. The first-order valence-corrected chi connectivity index (χ1v) is 13.0. The summed E-state index contributed by atoms with van der Waals surface area (Å²) >= 11 is 0. The molecule has 0 saturated carbocycles. The molecule has 6 heteroatoms. The van der Waals surface area contributed by atoms with E-state index in [9.17, 15) is 9.59 Å². The summed E-state index contributed by atoms with van der Waals surface area (Å²) in [6.07, 6.45) is 6.46. The number of nitrogens with zero attached hydrogens (tertiary/aromatic N) is 1. The molecule has 0 spiro atoms. The van der Waals surface area contributed by atoms with E-state index in [-0.39, 0.29) is 23.9 Å². The molecule has 2 atom stereocenters. The molecule has 0 radical (unpaired) electrons. The van der Waals surface area contributed by atoms with Crippen molar-refractivity contribution in [2.45, 2.75) is 24.9 Å². The van der Waals surface area contributed by atoms with E-state index in [2.05, 4.69) is 56.6 Å². The summed E-state index contributed by atoms with van der Waals surface area (Å²) in [4.78, 5) is 30.0. The van der Waals surface area contributed by atoms with Gasteiger partial charge in [0.15, 0.2) is 0 Å². The number of fused-ring (bicyclic) bond motifs is 10. The summed E-state index contributed by atoms with van der Waals surface area (Å²) in [7, 11) is 0. The second-order valence-electron chi connectivity index (χ2n) is 10.2. The van der Waals surface area contributed by atoms with Crippen LogP contribution < -0.4 is 10.6 Å². The lowest BCUT2D eigenvalue weighted by Crippen LogP contribution is -2.23. The average Bonchev–Trinajstić information content (AvgIpc) is 3.59. The summed E-state index contributed by atoms with van der Waals surface area (Å²) in [5, 5.41) is 9.80. The van der Waals surface area contributed by atoms with E-state index in [1.54, 1.807) is 0 Å². The molecule has 0 bridgehead atoms. The van der Waals surface area contributed by atoms with E-state index in [1.807, 2.05) is 54.6 Å². The van der Waals surface area contributed by atoms with Gasteiger partial charge in [0.1, 0.15) is 0 Å². The molecule has 1 unspecified atom stereocenters. The average molecular weight is 497 g/mol. The van der Waals surface area contributed by atoms with E-state index >= 15 is 0 Å². The predicted molar refractivity (Wildman–Crippen MR) is 152 cm³/mol. The van der Waals surface area contributed by atoms with Gasteiger partial charge in [0.25, 0.3) is 11.8 Å². The normalized spacial score (nSPS) is 19.1. The zero-order chi connectivity index (χ0) is 25.4. The van der Waals surface area contributed by atoms with Gasteiger partial charge in [-0.25, -0.2) is 0 Å². The topological polar surface area (TPSA) is 78.9 Å². The van der Waals surface area contributed by atoms with Gasteiger partial charge in [-0.1, -0.05) is 66.7 Å². The second-order valence-corrected chi connectivity index (χ2v) is 10.2. The number of hydrogen-bond acceptors (Lipinski definition) is 3. The van der Waals surface area contributed by atoms with Gasteiger partial charge in [-0.15, -0.1) is 0 Å². The van der Waals surface area contributed by atoms with Crippen LogP contribution in [-0.4, -0.2) is 27.4 Å². The van der Waals surface area contributed by atoms with Crippen LogP contribution in [0.5, 0.6) is 0 Å². The zero-order valence-corrected chi connectivity index (χ0v) is 20.5. The van der Waals surface area contributed by atoms with Crippen LogP contribution in [0.15, 0.2) is 91.0 Å². The first-order chi connectivity index (χ1) is 18.7. The van der Waals surface area contributed by atoms with E-state index in [4.69, 9.17) is 0 Å². The van der Waals surface area contributed by atoms with Crippen molar-refractivity contribution in [3.05, 3.63) is 102 Å². The summed E-state index contributed by atoms with van der Waals surface area (Å²) < 4.78 is 2.37. The highest BCUT2D eigenvalue weighted by Gasteiger charge is 2.36. The molecule has 184 valence electrons. The Morgan fingerprint density at radius 3 is 2.24 bits per heavy atom. The summed E-state index contributed by atoms with van der Waals surface area (Å²) in [5.41, 5.74) is 5.97. The number of amides is 2. The van der Waals surface area contributed by atoms with Gasteiger partial charge in [-0.3, -0.25) is 14.9 Å². The Hall–Kier alpha value is -4.84. The molecule has 6 aromatic rings. The predicted octanol–water partition coefficient (Wildman–Crippen LogP) is 6.68. The minimum absolute atomic E-state index is 0.110. The van der Waals surface area contributed by atoms with Crippen LogP contribution in [0.25, 0.3) is 43.6 Å². The molecule has 0 fully saturated rings. The smallest absolute Gasteiger partial charge is 0.259 e. The number of aromatic nitrogens is 2. The van der Waals surface area contributed by atoms with Crippen molar-refractivity contribution in [3.8, 4) is 0 Å². The van der Waals surface area contributed by atoms with Gasteiger partial charge < -0.3 is 14.9 Å². The minimum atomic E-state index is -0.328. The number of anilines is 1. The van der Waals surface area contributed by atoms with Crippen LogP contribution in [0.1, 0.15) is 39.6 Å². The van der Waals surface area contributed by atoms with E-state index in [0.29, 0.717) is 11.1 Å². The lowest BCUT2D eigenvalue weighted by Gasteiger charge is -2.27. The first-order valence-electron chi connectivity index (χ1n) is 13.0. The Labute approximate surface area is 217 Å². The molecular formula is C32H24N4O2. The number of H-pyrrole nitrogens is 1. The first kappa shape index (κ1) is 21.3. The summed E-state index contributed by atoms with van der Waals surface area (Å²) in [6.45, 7) is 0. The van der Waals surface area contributed by atoms with Crippen molar-refractivity contribution >= 4 is 61.1 Å². The largest absolute Gasteiger partial charge is 0.379 e. The molecule has 2 amide bonds.